The number of nitro groups is 1. The van der Waals surface area contributed by atoms with Crippen LogP contribution in [0.4, 0.5) is 16.2 Å². The van der Waals surface area contributed by atoms with Crippen molar-refractivity contribution in [2.45, 2.75) is 32.9 Å². The third kappa shape index (κ3) is 3.12. The molecule has 0 radical (unpaired) electrons. The van der Waals surface area contributed by atoms with Crippen molar-refractivity contribution in [1.29, 1.82) is 0 Å². The molecule has 0 atom stereocenters. The van der Waals surface area contributed by atoms with E-state index in [0.717, 1.165) is 30.8 Å². The van der Waals surface area contributed by atoms with Gasteiger partial charge in [-0.1, -0.05) is 6.07 Å². The van der Waals surface area contributed by atoms with E-state index in [0.29, 0.717) is 11.5 Å². The SMILES string of the molecule is Cc1ccc([N+](=O)[O-])cc1NC(=O)NCc1nnc2n1CCC2. The summed E-state index contributed by atoms with van der Waals surface area (Å²) in [4.78, 5) is 22.3. The van der Waals surface area contributed by atoms with Crippen molar-refractivity contribution in [2.75, 3.05) is 5.32 Å². The lowest BCUT2D eigenvalue weighted by atomic mass is 10.2. The number of carbonyl (C=O) groups is 1. The zero-order valence-corrected chi connectivity index (χ0v) is 12.6. The van der Waals surface area contributed by atoms with Crippen LogP contribution in [0.15, 0.2) is 18.2 Å². The van der Waals surface area contributed by atoms with Crippen molar-refractivity contribution in [3.8, 4) is 0 Å². The van der Waals surface area contributed by atoms with E-state index in [1.54, 1.807) is 13.0 Å². The van der Waals surface area contributed by atoms with E-state index in [2.05, 4.69) is 20.8 Å². The fourth-order valence-corrected chi connectivity index (χ4v) is 2.53. The second kappa shape index (κ2) is 6.03. The predicted molar refractivity (Wildman–Crippen MR) is 82.0 cm³/mol. The van der Waals surface area contributed by atoms with Crippen LogP contribution in [-0.2, 0) is 19.5 Å². The van der Waals surface area contributed by atoms with Crippen LogP contribution in [0.3, 0.4) is 0 Å². The van der Waals surface area contributed by atoms with Crippen LogP contribution < -0.4 is 10.6 Å². The quantitative estimate of drug-likeness (QED) is 0.659. The van der Waals surface area contributed by atoms with E-state index in [1.165, 1.54) is 12.1 Å². The summed E-state index contributed by atoms with van der Waals surface area (Å²) in [6.07, 6.45) is 1.95. The number of nitrogens with one attached hydrogen (secondary N) is 2. The van der Waals surface area contributed by atoms with Crippen molar-refractivity contribution in [3.05, 3.63) is 45.5 Å². The van der Waals surface area contributed by atoms with E-state index < -0.39 is 11.0 Å². The monoisotopic (exact) mass is 316 g/mol. The molecule has 2 heterocycles. The minimum atomic E-state index is -0.498. The zero-order chi connectivity index (χ0) is 16.4. The maximum Gasteiger partial charge on any atom is 0.319 e. The maximum atomic E-state index is 12.0. The number of hydrogen-bond donors (Lipinski definition) is 2. The summed E-state index contributed by atoms with van der Waals surface area (Å²) in [5.74, 6) is 1.65. The van der Waals surface area contributed by atoms with Gasteiger partial charge in [-0.15, -0.1) is 10.2 Å². The van der Waals surface area contributed by atoms with Gasteiger partial charge in [0.1, 0.15) is 5.82 Å². The highest BCUT2D eigenvalue weighted by Gasteiger charge is 2.17. The molecule has 9 heteroatoms. The molecule has 9 nitrogen and oxygen atoms in total. The fraction of sp³-hybridized carbons (Fsp3) is 0.357. The van der Waals surface area contributed by atoms with Gasteiger partial charge in [-0.2, -0.15) is 0 Å². The molecule has 1 aliphatic rings. The molecule has 120 valence electrons. The number of carbonyl (C=O) groups excluding carboxylic acids is 1. The molecule has 0 bridgehead atoms. The summed E-state index contributed by atoms with van der Waals surface area (Å²) < 4.78 is 2.00. The Morgan fingerprint density at radius 1 is 1.43 bits per heavy atom. The summed E-state index contributed by atoms with van der Waals surface area (Å²) in [5, 5.41) is 24.2. The van der Waals surface area contributed by atoms with Gasteiger partial charge in [-0.05, 0) is 18.9 Å². The number of rotatable bonds is 4. The van der Waals surface area contributed by atoms with Crippen molar-refractivity contribution in [2.24, 2.45) is 0 Å². The van der Waals surface area contributed by atoms with Gasteiger partial charge in [0.15, 0.2) is 5.82 Å². The summed E-state index contributed by atoms with van der Waals surface area (Å²) in [7, 11) is 0. The summed E-state index contributed by atoms with van der Waals surface area (Å²) in [6.45, 7) is 2.89. The summed E-state index contributed by atoms with van der Waals surface area (Å²) >= 11 is 0. The van der Waals surface area contributed by atoms with E-state index in [1.807, 2.05) is 4.57 Å². The molecule has 0 saturated heterocycles. The number of nitrogens with zero attached hydrogens (tertiary/aromatic N) is 4. The Hall–Kier alpha value is -2.97. The third-order valence-corrected chi connectivity index (χ3v) is 3.77. The summed E-state index contributed by atoms with van der Waals surface area (Å²) in [5.41, 5.74) is 1.08. The lowest BCUT2D eigenvalue weighted by Crippen LogP contribution is -2.29. The van der Waals surface area contributed by atoms with Gasteiger partial charge in [0.05, 0.1) is 17.2 Å². The molecule has 0 spiro atoms. The van der Waals surface area contributed by atoms with Crippen molar-refractivity contribution < 1.29 is 9.72 Å². The lowest BCUT2D eigenvalue weighted by Gasteiger charge is -2.10. The Balaban J connectivity index is 1.63. The first-order valence-electron chi connectivity index (χ1n) is 7.25. The molecule has 0 fully saturated rings. The third-order valence-electron chi connectivity index (χ3n) is 3.77. The van der Waals surface area contributed by atoms with Crippen molar-refractivity contribution in [3.63, 3.8) is 0 Å². The molecule has 23 heavy (non-hydrogen) atoms. The molecule has 2 aromatic rings. The first-order chi connectivity index (χ1) is 11.0. The number of nitro benzene ring substituents is 1. The van der Waals surface area contributed by atoms with Gasteiger partial charge in [-0.3, -0.25) is 10.1 Å². The first kappa shape index (κ1) is 14.9. The number of benzene rings is 1. The molecule has 0 saturated carbocycles. The van der Waals surface area contributed by atoms with Crippen LogP contribution in [0.25, 0.3) is 0 Å². The van der Waals surface area contributed by atoms with Gasteiger partial charge < -0.3 is 15.2 Å². The highest BCUT2D eigenvalue weighted by atomic mass is 16.6. The number of aromatic nitrogens is 3. The summed E-state index contributed by atoms with van der Waals surface area (Å²) in [6, 6.07) is 3.89. The average molecular weight is 316 g/mol. The van der Waals surface area contributed by atoms with Gasteiger partial charge in [0.25, 0.3) is 5.69 Å². The topological polar surface area (TPSA) is 115 Å². The number of urea groups is 1. The first-order valence-corrected chi connectivity index (χ1v) is 7.25. The number of hydrogen-bond acceptors (Lipinski definition) is 5. The fourth-order valence-electron chi connectivity index (χ4n) is 2.53. The molecule has 3 rings (SSSR count). The normalized spacial score (nSPS) is 12.7. The lowest BCUT2D eigenvalue weighted by molar-refractivity contribution is -0.384. The number of amides is 2. The minimum Gasteiger partial charge on any atom is -0.331 e. The molecular weight excluding hydrogens is 300 g/mol. The molecule has 1 aromatic carbocycles. The van der Waals surface area contributed by atoms with E-state index in [4.69, 9.17) is 0 Å². The molecule has 0 aliphatic carbocycles. The van der Waals surface area contributed by atoms with Gasteiger partial charge in [0, 0.05) is 25.1 Å². The van der Waals surface area contributed by atoms with E-state index >= 15 is 0 Å². The second-order valence-electron chi connectivity index (χ2n) is 5.35. The van der Waals surface area contributed by atoms with Gasteiger partial charge in [0.2, 0.25) is 0 Å². The molecule has 0 unspecified atom stereocenters. The Bertz CT molecular complexity index is 770. The highest BCUT2D eigenvalue weighted by molar-refractivity contribution is 5.90. The number of non-ortho nitro benzene ring substituents is 1. The number of aryl methyl sites for hydroxylation is 2. The maximum absolute atomic E-state index is 12.0. The van der Waals surface area contributed by atoms with Crippen LogP contribution in [0.2, 0.25) is 0 Å². The zero-order valence-electron chi connectivity index (χ0n) is 12.6. The van der Waals surface area contributed by atoms with Crippen LogP contribution in [0, 0.1) is 17.0 Å². The molecule has 1 aliphatic heterocycles. The Kier molecular flexibility index (Phi) is 3.92. The van der Waals surface area contributed by atoms with Crippen molar-refractivity contribution >= 4 is 17.4 Å². The van der Waals surface area contributed by atoms with Crippen LogP contribution in [0.5, 0.6) is 0 Å². The second-order valence-corrected chi connectivity index (χ2v) is 5.35. The molecule has 2 amide bonds. The number of anilines is 1. The Morgan fingerprint density at radius 3 is 3.04 bits per heavy atom. The minimum absolute atomic E-state index is 0.0684. The van der Waals surface area contributed by atoms with Crippen LogP contribution >= 0.6 is 0 Å². The van der Waals surface area contributed by atoms with Crippen LogP contribution in [0.1, 0.15) is 23.6 Å². The Labute approximate surface area is 131 Å². The average Bonchev–Trinajstić information content (AvgIpc) is 3.11. The smallest absolute Gasteiger partial charge is 0.319 e. The van der Waals surface area contributed by atoms with Gasteiger partial charge >= 0.3 is 6.03 Å². The molecule has 1 aromatic heterocycles. The van der Waals surface area contributed by atoms with Gasteiger partial charge in [-0.25, -0.2) is 4.79 Å². The number of fused-ring (bicyclic) bond motifs is 1. The molecule has 2 N–H and O–H groups in total. The van der Waals surface area contributed by atoms with E-state index in [-0.39, 0.29) is 12.2 Å². The Morgan fingerprint density at radius 2 is 2.26 bits per heavy atom. The predicted octanol–water partition coefficient (Wildman–Crippen LogP) is 1.76. The van der Waals surface area contributed by atoms with E-state index in [9.17, 15) is 14.9 Å². The van der Waals surface area contributed by atoms with Crippen molar-refractivity contribution in [1.82, 2.24) is 20.1 Å². The standard InChI is InChI=1S/C14H16N6O3/c1-9-4-5-10(20(22)23)7-11(9)16-14(21)15-8-13-18-17-12-3-2-6-19(12)13/h4-5,7H,2-3,6,8H2,1H3,(H2,15,16,21). The molecular formula is C14H16N6O3. The van der Waals surface area contributed by atoms with Crippen LogP contribution in [-0.4, -0.2) is 25.7 Å². The highest BCUT2D eigenvalue weighted by Crippen LogP contribution is 2.21. The largest absolute Gasteiger partial charge is 0.331 e.